The zero-order valence-corrected chi connectivity index (χ0v) is 22.0. The highest BCUT2D eigenvalue weighted by atomic mass is 16.5. The van der Waals surface area contributed by atoms with Crippen LogP contribution < -0.4 is 15.5 Å². The van der Waals surface area contributed by atoms with Gasteiger partial charge in [0.05, 0.1) is 11.4 Å². The van der Waals surface area contributed by atoms with Crippen LogP contribution in [0.15, 0.2) is 89.1 Å². The van der Waals surface area contributed by atoms with E-state index in [0.29, 0.717) is 36.3 Å². The van der Waals surface area contributed by atoms with E-state index in [1.54, 1.807) is 24.3 Å². The lowest BCUT2D eigenvalue weighted by Gasteiger charge is -2.14. The summed E-state index contributed by atoms with van der Waals surface area (Å²) in [5, 5.41) is 23.1. The van der Waals surface area contributed by atoms with Crippen molar-refractivity contribution in [2.75, 3.05) is 25.5 Å². The molecule has 39 heavy (non-hydrogen) atoms. The minimum atomic E-state index is -1.14. The molecule has 0 aliphatic rings. The van der Waals surface area contributed by atoms with E-state index in [1.165, 1.54) is 0 Å². The van der Waals surface area contributed by atoms with Crippen molar-refractivity contribution in [1.29, 1.82) is 0 Å². The average molecular weight is 532 g/mol. The minimum absolute atomic E-state index is 0.0531. The number of rotatable bonds is 13. The highest BCUT2D eigenvalue weighted by Crippen LogP contribution is 2.22. The molecule has 3 aromatic rings. The number of hydrogen-bond acceptors (Lipinski definition) is 7. The Bertz CT molecular complexity index is 1260. The van der Waals surface area contributed by atoms with Crippen LogP contribution in [0.2, 0.25) is 0 Å². The van der Waals surface area contributed by atoms with Gasteiger partial charge in [-0.1, -0.05) is 36.4 Å². The molecule has 0 fully saturated rings. The van der Waals surface area contributed by atoms with Crippen molar-refractivity contribution in [3.63, 3.8) is 0 Å². The van der Waals surface area contributed by atoms with E-state index < -0.39 is 18.1 Å². The lowest BCUT2D eigenvalue weighted by atomic mass is 10.1. The Morgan fingerprint density at radius 1 is 0.897 bits per heavy atom. The fourth-order valence-electron chi connectivity index (χ4n) is 3.58. The molecule has 10 heteroatoms. The van der Waals surface area contributed by atoms with Crippen molar-refractivity contribution < 1.29 is 24.2 Å². The molecule has 0 aliphatic heterocycles. The lowest BCUT2D eigenvalue weighted by molar-refractivity contribution is -0.139. The SMILES string of the molecule is CN(C)c1ccc(N=Nc2cccc(C(=O)NCCCC[C@H](NC(=O)OCc3ccccc3)C(=O)O)c2)cc1. The first-order valence-corrected chi connectivity index (χ1v) is 12.6. The first kappa shape index (κ1) is 28.8. The predicted molar refractivity (Wildman–Crippen MR) is 149 cm³/mol. The Kier molecular flexibility index (Phi) is 11.0. The number of aliphatic carboxylic acids is 1. The van der Waals surface area contributed by atoms with Gasteiger partial charge in [0.1, 0.15) is 12.6 Å². The van der Waals surface area contributed by atoms with E-state index in [1.807, 2.05) is 73.6 Å². The number of amides is 2. The summed E-state index contributed by atoms with van der Waals surface area (Å²) in [5.41, 5.74) is 3.56. The Morgan fingerprint density at radius 3 is 2.31 bits per heavy atom. The summed E-state index contributed by atoms with van der Waals surface area (Å²) in [6, 6.07) is 22.5. The number of alkyl carbamates (subject to hydrolysis) is 1. The van der Waals surface area contributed by atoms with Gasteiger partial charge in [0.25, 0.3) is 5.91 Å². The summed E-state index contributed by atoms with van der Waals surface area (Å²) >= 11 is 0. The largest absolute Gasteiger partial charge is 0.480 e. The third kappa shape index (κ3) is 9.92. The maximum Gasteiger partial charge on any atom is 0.408 e. The molecule has 1 atom stereocenters. The Hall–Kier alpha value is -4.73. The van der Waals surface area contributed by atoms with Crippen molar-refractivity contribution in [2.24, 2.45) is 10.2 Å². The number of ether oxygens (including phenoxy) is 1. The quantitative estimate of drug-likeness (QED) is 0.198. The molecule has 0 heterocycles. The van der Waals surface area contributed by atoms with Gasteiger partial charge in [-0.15, -0.1) is 0 Å². The van der Waals surface area contributed by atoms with Crippen molar-refractivity contribution in [2.45, 2.75) is 31.9 Å². The number of carboxylic acid groups (broad SMARTS) is 1. The van der Waals surface area contributed by atoms with Crippen LogP contribution in [-0.2, 0) is 16.1 Å². The highest BCUT2D eigenvalue weighted by Gasteiger charge is 2.20. The third-order valence-electron chi connectivity index (χ3n) is 5.76. The summed E-state index contributed by atoms with van der Waals surface area (Å²) in [6.07, 6.45) is 0.439. The summed E-state index contributed by atoms with van der Waals surface area (Å²) in [4.78, 5) is 38.1. The van der Waals surface area contributed by atoms with Gasteiger partial charge in [0, 0.05) is 31.9 Å². The predicted octanol–water partition coefficient (Wildman–Crippen LogP) is 5.45. The van der Waals surface area contributed by atoms with Gasteiger partial charge in [-0.2, -0.15) is 10.2 Å². The Balaban J connectivity index is 1.40. The molecule has 10 nitrogen and oxygen atoms in total. The van der Waals surface area contributed by atoms with Crippen LogP contribution in [0, 0.1) is 0 Å². The molecule has 204 valence electrons. The molecule has 0 radical (unpaired) electrons. The van der Waals surface area contributed by atoms with E-state index in [0.717, 1.165) is 11.3 Å². The second-order valence-corrected chi connectivity index (χ2v) is 9.01. The second kappa shape index (κ2) is 14.9. The Morgan fingerprint density at radius 2 is 1.62 bits per heavy atom. The molecule has 0 saturated carbocycles. The van der Waals surface area contributed by atoms with Gasteiger partial charge in [0.15, 0.2) is 0 Å². The van der Waals surface area contributed by atoms with E-state index >= 15 is 0 Å². The third-order valence-corrected chi connectivity index (χ3v) is 5.76. The molecule has 0 bridgehead atoms. The number of hydrogen-bond donors (Lipinski definition) is 3. The standard InChI is InChI=1S/C29H33N5O5/c1-34(2)25-16-14-23(15-17-25)32-33-24-12-8-11-22(19-24)27(35)30-18-7-6-13-26(28(36)37)31-29(38)39-20-21-9-4-3-5-10-21/h3-5,8-12,14-17,19,26H,6-7,13,18,20H2,1-2H3,(H,30,35)(H,31,38)(H,36,37)/t26-/m0/s1. The molecule has 0 saturated heterocycles. The molecule has 0 spiro atoms. The number of unbranched alkanes of at least 4 members (excludes halogenated alkanes) is 1. The molecule has 0 aromatic heterocycles. The van der Waals surface area contributed by atoms with E-state index in [-0.39, 0.29) is 18.9 Å². The summed E-state index contributed by atoms with van der Waals surface area (Å²) in [5.74, 6) is -1.41. The van der Waals surface area contributed by atoms with E-state index in [4.69, 9.17) is 4.74 Å². The highest BCUT2D eigenvalue weighted by molar-refractivity contribution is 5.94. The van der Waals surface area contributed by atoms with Gasteiger partial charge in [0.2, 0.25) is 0 Å². The molecule has 2 amide bonds. The summed E-state index contributed by atoms with van der Waals surface area (Å²) in [6.45, 7) is 0.408. The zero-order chi connectivity index (χ0) is 28.0. The van der Waals surface area contributed by atoms with Crippen LogP contribution in [0.4, 0.5) is 21.9 Å². The van der Waals surface area contributed by atoms with Crippen molar-refractivity contribution in [1.82, 2.24) is 10.6 Å². The molecule has 3 N–H and O–H groups in total. The topological polar surface area (TPSA) is 133 Å². The molecule has 3 aromatic carbocycles. The number of benzene rings is 3. The number of nitrogens with zero attached hydrogens (tertiary/aromatic N) is 3. The van der Waals surface area contributed by atoms with Crippen LogP contribution in [0.3, 0.4) is 0 Å². The fourth-order valence-corrected chi connectivity index (χ4v) is 3.58. The first-order valence-electron chi connectivity index (χ1n) is 12.6. The van der Waals surface area contributed by atoms with Gasteiger partial charge in [-0.25, -0.2) is 9.59 Å². The fraction of sp³-hybridized carbons (Fsp3) is 0.276. The first-order chi connectivity index (χ1) is 18.8. The minimum Gasteiger partial charge on any atom is -0.480 e. The monoisotopic (exact) mass is 531 g/mol. The normalized spacial score (nSPS) is 11.5. The maximum atomic E-state index is 12.6. The average Bonchev–Trinajstić information content (AvgIpc) is 2.95. The number of carbonyl (C=O) groups is 3. The number of carbonyl (C=O) groups excluding carboxylic acids is 2. The van der Waals surface area contributed by atoms with Gasteiger partial charge < -0.3 is 25.4 Å². The number of anilines is 1. The number of azo groups is 1. The summed E-state index contributed by atoms with van der Waals surface area (Å²) in [7, 11) is 3.92. The second-order valence-electron chi connectivity index (χ2n) is 9.01. The number of carboxylic acids is 1. The van der Waals surface area contributed by atoms with Gasteiger partial charge in [-0.05, 0) is 67.3 Å². The van der Waals surface area contributed by atoms with Crippen LogP contribution in [0.5, 0.6) is 0 Å². The molecular formula is C29H33N5O5. The van der Waals surface area contributed by atoms with Crippen molar-refractivity contribution in [3.05, 3.63) is 90.0 Å². The smallest absolute Gasteiger partial charge is 0.408 e. The van der Waals surface area contributed by atoms with Gasteiger partial charge in [-0.3, -0.25) is 4.79 Å². The van der Waals surface area contributed by atoms with Crippen LogP contribution >= 0.6 is 0 Å². The Labute approximate surface area is 227 Å². The van der Waals surface area contributed by atoms with Crippen LogP contribution in [-0.4, -0.2) is 49.8 Å². The van der Waals surface area contributed by atoms with E-state index in [9.17, 15) is 19.5 Å². The zero-order valence-electron chi connectivity index (χ0n) is 22.0. The maximum absolute atomic E-state index is 12.6. The number of nitrogens with one attached hydrogen (secondary N) is 2. The van der Waals surface area contributed by atoms with Crippen molar-refractivity contribution in [3.8, 4) is 0 Å². The van der Waals surface area contributed by atoms with Crippen LogP contribution in [0.1, 0.15) is 35.2 Å². The molecule has 3 rings (SSSR count). The molecule has 0 aliphatic carbocycles. The molecular weight excluding hydrogens is 498 g/mol. The van der Waals surface area contributed by atoms with Crippen LogP contribution in [0.25, 0.3) is 0 Å². The van der Waals surface area contributed by atoms with Crippen molar-refractivity contribution >= 4 is 35.0 Å². The lowest BCUT2D eigenvalue weighted by Crippen LogP contribution is -2.41. The van der Waals surface area contributed by atoms with E-state index in [2.05, 4.69) is 20.9 Å². The molecule has 0 unspecified atom stereocenters. The summed E-state index contributed by atoms with van der Waals surface area (Å²) < 4.78 is 5.10. The van der Waals surface area contributed by atoms with Gasteiger partial charge >= 0.3 is 12.1 Å².